The summed E-state index contributed by atoms with van der Waals surface area (Å²) in [5, 5.41) is 0. The molecule has 0 spiro atoms. The number of amides is 2. The summed E-state index contributed by atoms with van der Waals surface area (Å²) in [5.74, 6) is -1.06. The highest BCUT2D eigenvalue weighted by molar-refractivity contribution is 5.82. The summed E-state index contributed by atoms with van der Waals surface area (Å²) in [6.45, 7) is 1.91. The van der Waals surface area contributed by atoms with Gasteiger partial charge < -0.3 is 14.5 Å². The van der Waals surface area contributed by atoms with Gasteiger partial charge in [-0.25, -0.2) is 4.39 Å². The Hall–Kier alpha value is -2.44. The Kier molecular flexibility index (Phi) is 6.91. The SMILES string of the molecule is COC(=O)CCC(=O)N1CCCN(C(=O)Cc2ccccc2F)CC1. The van der Waals surface area contributed by atoms with Gasteiger partial charge in [-0.1, -0.05) is 18.2 Å². The normalized spacial score (nSPS) is 14.8. The van der Waals surface area contributed by atoms with Crippen molar-refractivity contribution in [1.29, 1.82) is 0 Å². The van der Waals surface area contributed by atoms with Crippen LogP contribution in [0, 0.1) is 5.82 Å². The molecule has 1 heterocycles. The Morgan fingerprint density at radius 2 is 1.64 bits per heavy atom. The van der Waals surface area contributed by atoms with Gasteiger partial charge in [-0.15, -0.1) is 0 Å². The van der Waals surface area contributed by atoms with E-state index in [1.807, 2.05) is 0 Å². The molecule has 0 aliphatic carbocycles. The highest BCUT2D eigenvalue weighted by Gasteiger charge is 2.23. The summed E-state index contributed by atoms with van der Waals surface area (Å²) >= 11 is 0. The number of rotatable bonds is 5. The Labute approximate surface area is 146 Å². The molecular weight excluding hydrogens is 327 g/mol. The molecule has 1 fully saturated rings. The molecule has 1 aliphatic rings. The van der Waals surface area contributed by atoms with Gasteiger partial charge in [0.1, 0.15) is 5.82 Å². The molecule has 25 heavy (non-hydrogen) atoms. The van der Waals surface area contributed by atoms with E-state index in [1.165, 1.54) is 13.2 Å². The monoisotopic (exact) mass is 350 g/mol. The molecule has 1 aliphatic heterocycles. The van der Waals surface area contributed by atoms with Crippen LogP contribution >= 0.6 is 0 Å². The number of carbonyl (C=O) groups is 3. The van der Waals surface area contributed by atoms with Crippen molar-refractivity contribution in [3.63, 3.8) is 0 Å². The van der Waals surface area contributed by atoms with Gasteiger partial charge in [-0.2, -0.15) is 0 Å². The summed E-state index contributed by atoms with van der Waals surface area (Å²) in [7, 11) is 1.29. The summed E-state index contributed by atoms with van der Waals surface area (Å²) in [5.41, 5.74) is 0.378. The van der Waals surface area contributed by atoms with Gasteiger partial charge in [0.15, 0.2) is 0 Å². The molecule has 0 saturated carbocycles. The molecule has 0 bridgehead atoms. The highest BCUT2D eigenvalue weighted by Crippen LogP contribution is 2.11. The maximum absolute atomic E-state index is 13.7. The number of esters is 1. The van der Waals surface area contributed by atoms with Crippen LogP contribution in [-0.2, 0) is 25.5 Å². The van der Waals surface area contributed by atoms with Gasteiger partial charge in [0.05, 0.1) is 20.0 Å². The smallest absolute Gasteiger partial charge is 0.306 e. The molecule has 2 amide bonds. The lowest BCUT2D eigenvalue weighted by Gasteiger charge is -2.22. The number of carbonyl (C=O) groups excluding carboxylic acids is 3. The second kappa shape index (κ2) is 9.15. The summed E-state index contributed by atoms with van der Waals surface area (Å²) in [4.78, 5) is 39.0. The minimum absolute atomic E-state index is 0.0168. The van der Waals surface area contributed by atoms with E-state index in [2.05, 4.69) is 4.74 Å². The first-order chi connectivity index (χ1) is 12.0. The van der Waals surface area contributed by atoms with Crippen LogP contribution in [0.25, 0.3) is 0 Å². The van der Waals surface area contributed by atoms with Crippen LogP contribution < -0.4 is 0 Å². The molecule has 1 saturated heterocycles. The first-order valence-corrected chi connectivity index (χ1v) is 8.37. The number of methoxy groups -OCH3 is 1. The zero-order valence-electron chi connectivity index (χ0n) is 14.4. The molecule has 0 atom stereocenters. The zero-order valence-corrected chi connectivity index (χ0v) is 14.4. The summed E-state index contributed by atoms with van der Waals surface area (Å²) in [6, 6.07) is 6.24. The molecule has 6 nitrogen and oxygen atoms in total. The number of halogens is 1. The standard InChI is InChI=1S/C18H23FN2O4/c1-25-18(24)8-7-16(22)20-9-4-10-21(12-11-20)17(23)13-14-5-2-3-6-15(14)19/h2-3,5-6H,4,7-13H2,1H3. The Morgan fingerprint density at radius 1 is 1.00 bits per heavy atom. The molecule has 0 N–H and O–H groups in total. The summed E-state index contributed by atoms with van der Waals surface area (Å²) < 4.78 is 18.2. The topological polar surface area (TPSA) is 66.9 Å². The van der Waals surface area contributed by atoms with Gasteiger partial charge >= 0.3 is 5.97 Å². The van der Waals surface area contributed by atoms with Gasteiger partial charge in [-0.3, -0.25) is 14.4 Å². The third-order valence-electron chi connectivity index (χ3n) is 4.27. The molecular formula is C18H23FN2O4. The first-order valence-electron chi connectivity index (χ1n) is 8.37. The van der Waals surface area contributed by atoms with Crippen LogP contribution in [-0.4, -0.2) is 60.9 Å². The van der Waals surface area contributed by atoms with Crippen molar-refractivity contribution < 1.29 is 23.5 Å². The minimum Gasteiger partial charge on any atom is -0.469 e. The third kappa shape index (κ3) is 5.55. The van der Waals surface area contributed by atoms with Crippen molar-refractivity contribution in [2.75, 3.05) is 33.3 Å². The van der Waals surface area contributed by atoms with E-state index in [4.69, 9.17) is 0 Å². The lowest BCUT2D eigenvalue weighted by molar-refractivity contribution is -0.143. The third-order valence-corrected chi connectivity index (χ3v) is 4.27. The molecule has 0 aromatic heterocycles. The van der Waals surface area contributed by atoms with Crippen molar-refractivity contribution in [2.24, 2.45) is 0 Å². The van der Waals surface area contributed by atoms with E-state index in [0.717, 1.165) is 0 Å². The number of ether oxygens (including phenoxy) is 1. The van der Waals surface area contributed by atoms with Crippen LogP contribution in [0.5, 0.6) is 0 Å². The molecule has 7 heteroatoms. The fourth-order valence-corrected chi connectivity index (χ4v) is 2.80. The Balaban J connectivity index is 1.86. The number of nitrogens with zero attached hydrogens (tertiary/aromatic N) is 2. The molecule has 136 valence electrons. The summed E-state index contributed by atoms with van der Waals surface area (Å²) in [6.07, 6.45) is 0.841. The number of hydrogen-bond acceptors (Lipinski definition) is 4. The molecule has 0 radical (unpaired) electrons. The van der Waals surface area contributed by atoms with E-state index in [-0.39, 0.29) is 36.9 Å². The van der Waals surface area contributed by atoms with Gasteiger partial charge in [0.2, 0.25) is 11.8 Å². The van der Waals surface area contributed by atoms with E-state index < -0.39 is 5.97 Å². The maximum atomic E-state index is 13.7. The highest BCUT2D eigenvalue weighted by atomic mass is 19.1. The van der Waals surface area contributed by atoms with Gasteiger partial charge in [0, 0.05) is 32.6 Å². The predicted octanol–water partition coefficient (Wildman–Crippen LogP) is 1.38. The van der Waals surface area contributed by atoms with Gasteiger partial charge in [0.25, 0.3) is 0 Å². The molecule has 1 aromatic rings. The quantitative estimate of drug-likeness (QED) is 0.753. The van der Waals surface area contributed by atoms with Crippen LogP contribution in [0.4, 0.5) is 4.39 Å². The first kappa shape index (κ1) is 18.9. The van der Waals surface area contributed by atoms with Crippen LogP contribution in [0.1, 0.15) is 24.8 Å². The lowest BCUT2D eigenvalue weighted by atomic mass is 10.1. The fourth-order valence-electron chi connectivity index (χ4n) is 2.80. The average Bonchev–Trinajstić information content (AvgIpc) is 2.87. The Morgan fingerprint density at radius 3 is 2.28 bits per heavy atom. The average molecular weight is 350 g/mol. The zero-order chi connectivity index (χ0) is 18.2. The number of hydrogen-bond donors (Lipinski definition) is 0. The van der Waals surface area contributed by atoms with Crippen molar-refractivity contribution in [3.8, 4) is 0 Å². The van der Waals surface area contributed by atoms with Crippen molar-refractivity contribution in [1.82, 2.24) is 9.80 Å². The van der Waals surface area contributed by atoms with Crippen LogP contribution in [0.2, 0.25) is 0 Å². The van der Waals surface area contributed by atoms with E-state index >= 15 is 0 Å². The second-order valence-corrected chi connectivity index (χ2v) is 5.96. The molecule has 2 rings (SSSR count). The fraction of sp³-hybridized carbons (Fsp3) is 0.500. The largest absolute Gasteiger partial charge is 0.469 e. The molecule has 1 aromatic carbocycles. The van der Waals surface area contributed by atoms with Gasteiger partial charge in [-0.05, 0) is 18.1 Å². The van der Waals surface area contributed by atoms with Crippen molar-refractivity contribution in [3.05, 3.63) is 35.6 Å². The lowest BCUT2D eigenvalue weighted by Crippen LogP contribution is -2.38. The molecule has 0 unspecified atom stereocenters. The Bertz CT molecular complexity index is 635. The van der Waals surface area contributed by atoms with Crippen molar-refractivity contribution in [2.45, 2.75) is 25.7 Å². The van der Waals surface area contributed by atoms with Crippen LogP contribution in [0.15, 0.2) is 24.3 Å². The van der Waals surface area contributed by atoms with E-state index in [1.54, 1.807) is 28.0 Å². The second-order valence-electron chi connectivity index (χ2n) is 5.96. The van der Waals surface area contributed by atoms with E-state index in [0.29, 0.717) is 38.2 Å². The van der Waals surface area contributed by atoms with Crippen LogP contribution in [0.3, 0.4) is 0 Å². The predicted molar refractivity (Wildman–Crippen MR) is 89.1 cm³/mol. The van der Waals surface area contributed by atoms with E-state index in [9.17, 15) is 18.8 Å². The van der Waals surface area contributed by atoms with Crippen molar-refractivity contribution >= 4 is 17.8 Å². The number of benzene rings is 1. The maximum Gasteiger partial charge on any atom is 0.306 e. The minimum atomic E-state index is -0.412.